The molecule has 0 saturated heterocycles. The zero-order valence-electron chi connectivity index (χ0n) is 10.4. The van der Waals surface area contributed by atoms with Gasteiger partial charge in [0, 0.05) is 11.6 Å². The summed E-state index contributed by atoms with van der Waals surface area (Å²) >= 11 is 12.1. The highest BCUT2D eigenvalue weighted by Gasteiger charge is 2.04. The first-order chi connectivity index (χ1) is 8.58. The molecule has 0 atom stereocenters. The maximum absolute atomic E-state index is 6.12. The van der Waals surface area contributed by atoms with Gasteiger partial charge in [-0.25, -0.2) is 0 Å². The van der Waals surface area contributed by atoms with Crippen molar-refractivity contribution in [3.05, 3.63) is 63.1 Å². The minimum absolute atomic E-state index is 0.684. The molecule has 0 bridgehead atoms. The van der Waals surface area contributed by atoms with Crippen molar-refractivity contribution in [1.82, 2.24) is 0 Å². The zero-order chi connectivity index (χ0) is 13.1. The van der Waals surface area contributed by atoms with Gasteiger partial charge in [0.25, 0.3) is 0 Å². The van der Waals surface area contributed by atoms with Crippen LogP contribution in [0.15, 0.2) is 36.4 Å². The van der Waals surface area contributed by atoms with Crippen molar-refractivity contribution in [2.24, 2.45) is 0 Å². The second-order valence-electron chi connectivity index (χ2n) is 4.35. The normalized spacial score (nSPS) is 10.4. The standard InChI is InChI=1S/C15H15Cl2N/c1-10-4-3-5-11(2)13(10)9-18-15-8-12(16)6-7-14(15)17/h3-8,18H,9H2,1-2H3. The van der Waals surface area contributed by atoms with E-state index in [9.17, 15) is 0 Å². The van der Waals surface area contributed by atoms with Crippen LogP contribution in [0.5, 0.6) is 0 Å². The lowest BCUT2D eigenvalue weighted by Crippen LogP contribution is -2.03. The minimum Gasteiger partial charge on any atom is -0.380 e. The van der Waals surface area contributed by atoms with E-state index in [1.807, 2.05) is 6.07 Å². The molecule has 0 aliphatic rings. The van der Waals surface area contributed by atoms with Gasteiger partial charge in [-0.2, -0.15) is 0 Å². The van der Waals surface area contributed by atoms with Crippen molar-refractivity contribution in [3.63, 3.8) is 0 Å². The smallest absolute Gasteiger partial charge is 0.0638 e. The Morgan fingerprint density at radius 3 is 2.33 bits per heavy atom. The Hall–Kier alpha value is -1.18. The second kappa shape index (κ2) is 5.64. The zero-order valence-corrected chi connectivity index (χ0v) is 11.9. The molecule has 3 heteroatoms. The molecule has 2 aromatic rings. The quantitative estimate of drug-likeness (QED) is 0.812. The molecule has 2 aromatic carbocycles. The third-order valence-electron chi connectivity index (χ3n) is 3.03. The summed E-state index contributed by atoms with van der Waals surface area (Å²) in [7, 11) is 0. The molecule has 2 rings (SSSR count). The molecule has 0 heterocycles. The van der Waals surface area contributed by atoms with Gasteiger partial charge < -0.3 is 5.32 Å². The van der Waals surface area contributed by atoms with E-state index in [1.54, 1.807) is 12.1 Å². The largest absolute Gasteiger partial charge is 0.380 e. The molecular formula is C15H15Cl2N. The number of benzene rings is 2. The number of nitrogens with one attached hydrogen (secondary N) is 1. The van der Waals surface area contributed by atoms with Crippen molar-refractivity contribution in [2.75, 3.05) is 5.32 Å². The molecule has 0 aliphatic carbocycles. The molecule has 1 N–H and O–H groups in total. The third-order valence-corrected chi connectivity index (χ3v) is 3.59. The minimum atomic E-state index is 0.684. The van der Waals surface area contributed by atoms with E-state index in [4.69, 9.17) is 23.2 Å². The van der Waals surface area contributed by atoms with Gasteiger partial charge in [-0.05, 0) is 48.7 Å². The Balaban J connectivity index is 2.19. The van der Waals surface area contributed by atoms with Gasteiger partial charge in [-0.15, -0.1) is 0 Å². The first-order valence-corrected chi connectivity index (χ1v) is 6.57. The summed E-state index contributed by atoms with van der Waals surface area (Å²) in [4.78, 5) is 0. The lowest BCUT2D eigenvalue weighted by atomic mass is 10.0. The highest BCUT2D eigenvalue weighted by Crippen LogP contribution is 2.26. The predicted molar refractivity (Wildman–Crippen MR) is 79.7 cm³/mol. The van der Waals surface area contributed by atoms with Crippen molar-refractivity contribution in [3.8, 4) is 0 Å². The summed E-state index contributed by atoms with van der Waals surface area (Å²) in [6.07, 6.45) is 0. The van der Waals surface area contributed by atoms with Crippen LogP contribution in [0.25, 0.3) is 0 Å². The molecule has 0 fully saturated rings. The van der Waals surface area contributed by atoms with Gasteiger partial charge in [0.15, 0.2) is 0 Å². The van der Waals surface area contributed by atoms with E-state index in [1.165, 1.54) is 16.7 Å². The van der Waals surface area contributed by atoms with Crippen LogP contribution in [0.4, 0.5) is 5.69 Å². The number of halogens is 2. The maximum atomic E-state index is 6.12. The first-order valence-electron chi connectivity index (χ1n) is 5.82. The summed E-state index contributed by atoms with van der Waals surface area (Å²) in [6.45, 7) is 4.98. The number of hydrogen-bond donors (Lipinski definition) is 1. The lowest BCUT2D eigenvalue weighted by Gasteiger charge is -2.13. The van der Waals surface area contributed by atoms with E-state index in [0.717, 1.165) is 12.2 Å². The molecule has 0 spiro atoms. The topological polar surface area (TPSA) is 12.0 Å². The van der Waals surface area contributed by atoms with Crippen molar-refractivity contribution in [2.45, 2.75) is 20.4 Å². The summed E-state index contributed by atoms with van der Waals surface area (Å²) in [5.74, 6) is 0. The number of anilines is 1. The highest BCUT2D eigenvalue weighted by molar-refractivity contribution is 6.35. The van der Waals surface area contributed by atoms with E-state index < -0.39 is 0 Å². The molecule has 94 valence electrons. The van der Waals surface area contributed by atoms with Gasteiger partial charge in [-0.3, -0.25) is 0 Å². The third kappa shape index (κ3) is 2.98. The van der Waals surface area contributed by atoms with Crippen LogP contribution in [0, 0.1) is 13.8 Å². The van der Waals surface area contributed by atoms with Gasteiger partial charge >= 0.3 is 0 Å². The first kappa shape index (κ1) is 13.3. The van der Waals surface area contributed by atoms with Gasteiger partial charge in [-0.1, -0.05) is 41.4 Å². The Morgan fingerprint density at radius 2 is 1.67 bits per heavy atom. The summed E-state index contributed by atoms with van der Waals surface area (Å²) in [5, 5.41) is 4.70. The van der Waals surface area contributed by atoms with Gasteiger partial charge in [0.2, 0.25) is 0 Å². The van der Waals surface area contributed by atoms with E-state index in [-0.39, 0.29) is 0 Å². The molecule has 0 unspecified atom stereocenters. The number of aryl methyl sites for hydroxylation is 2. The Bertz CT molecular complexity index is 544. The highest BCUT2D eigenvalue weighted by atomic mass is 35.5. The van der Waals surface area contributed by atoms with Crippen molar-refractivity contribution in [1.29, 1.82) is 0 Å². The monoisotopic (exact) mass is 279 g/mol. The van der Waals surface area contributed by atoms with Crippen LogP contribution >= 0.6 is 23.2 Å². The molecule has 0 amide bonds. The molecule has 18 heavy (non-hydrogen) atoms. The second-order valence-corrected chi connectivity index (χ2v) is 5.19. The van der Waals surface area contributed by atoms with Gasteiger partial charge in [0.1, 0.15) is 0 Å². The van der Waals surface area contributed by atoms with Crippen LogP contribution < -0.4 is 5.32 Å². The maximum Gasteiger partial charge on any atom is 0.0638 e. The van der Waals surface area contributed by atoms with E-state index in [2.05, 4.69) is 37.4 Å². The van der Waals surface area contributed by atoms with Crippen LogP contribution in [-0.2, 0) is 6.54 Å². The SMILES string of the molecule is Cc1cccc(C)c1CNc1cc(Cl)ccc1Cl. The Morgan fingerprint density at radius 1 is 1.00 bits per heavy atom. The molecule has 1 nitrogen and oxygen atoms in total. The fraction of sp³-hybridized carbons (Fsp3) is 0.200. The van der Waals surface area contributed by atoms with Crippen molar-refractivity contribution >= 4 is 28.9 Å². The fourth-order valence-corrected chi connectivity index (χ4v) is 2.30. The molecule has 0 aromatic heterocycles. The van der Waals surface area contributed by atoms with Crippen LogP contribution in [-0.4, -0.2) is 0 Å². The van der Waals surface area contributed by atoms with E-state index >= 15 is 0 Å². The number of hydrogen-bond acceptors (Lipinski definition) is 1. The van der Waals surface area contributed by atoms with Crippen LogP contribution in [0.1, 0.15) is 16.7 Å². The molecular weight excluding hydrogens is 265 g/mol. The summed E-state index contributed by atoms with van der Waals surface area (Å²) < 4.78 is 0. The number of rotatable bonds is 3. The Labute approximate surface area is 118 Å². The lowest BCUT2D eigenvalue weighted by molar-refractivity contribution is 1.09. The van der Waals surface area contributed by atoms with Gasteiger partial charge in [0.05, 0.1) is 10.7 Å². The van der Waals surface area contributed by atoms with Crippen LogP contribution in [0.3, 0.4) is 0 Å². The molecule has 0 radical (unpaired) electrons. The average molecular weight is 280 g/mol. The Kier molecular flexibility index (Phi) is 4.15. The molecule has 0 aliphatic heterocycles. The summed E-state index contributed by atoms with van der Waals surface area (Å²) in [6, 6.07) is 11.7. The fourth-order valence-electron chi connectivity index (χ4n) is 1.94. The average Bonchev–Trinajstić information content (AvgIpc) is 2.33. The van der Waals surface area contributed by atoms with Crippen LogP contribution in [0.2, 0.25) is 10.0 Å². The predicted octanol–water partition coefficient (Wildman–Crippen LogP) is 5.22. The van der Waals surface area contributed by atoms with Crippen molar-refractivity contribution < 1.29 is 0 Å². The summed E-state index contributed by atoms with van der Waals surface area (Å²) in [5.41, 5.74) is 4.72. The molecule has 0 saturated carbocycles. The van der Waals surface area contributed by atoms with E-state index in [0.29, 0.717) is 10.0 Å².